The molecule has 0 aliphatic rings. The summed E-state index contributed by atoms with van der Waals surface area (Å²) in [5, 5.41) is 5.79. The Balaban J connectivity index is 0.00000400. The highest BCUT2D eigenvalue weighted by Gasteiger charge is 2.02. The average molecular weight is 404 g/mol. The minimum Gasteiger partial charge on any atom is -0.370 e. The second-order valence-corrected chi connectivity index (χ2v) is 5.00. The van der Waals surface area contributed by atoms with Gasteiger partial charge in [-0.3, -0.25) is 9.79 Å². The van der Waals surface area contributed by atoms with Crippen molar-refractivity contribution in [3.63, 3.8) is 0 Å². The van der Waals surface area contributed by atoms with E-state index in [0.717, 1.165) is 13.0 Å². The monoisotopic (exact) mass is 404 g/mol. The van der Waals surface area contributed by atoms with E-state index in [-0.39, 0.29) is 29.9 Å². The number of hydrogen-bond donors (Lipinski definition) is 3. The van der Waals surface area contributed by atoms with Crippen LogP contribution in [0.25, 0.3) is 0 Å². The van der Waals surface area contributed by atoms with Gasteiger partial charge in [0.15, 0.2) is 5.96 Å². The zero-order valence-corrected chi connectivity index (χ0v) is 15.0. The quantitative estimate of drug-likeness (QED) is 0.282. The fourth-order valence-corrected chi connectivity index (χ4v) is 1.56. The van der Waals surface area contributed by atoms with Crippen LogP contribution in [0.3, 0.4) is 0 Å². The number of nitrogens with two attached hydrogens (primary N) is 1. The van der Waals surface area contributed by atoms with Crippen molar-refractivity contribution < 1.29 is 4.79 Å². The Morgan fingerprint density at radius 3 is 2.43 bits per heavy atom. The molecule has 0 saturated heterocycles. The summed E-state index contributed by atoms with van der Waals surface area (Å²) in [6.07, 6.45) is 1.02. The van der Waals surface area contributed by atoms with E-state index in [0.29, 0.717) is 30.5 Å². The maximum Gasteiger partial charge on any atom is 0.251 e. The van der Waals surface area contributed by atoms with E-state index in [1.807, 2.05) is 18.2 Å². The summed E-state index contributed by atoms with van der Waals surface area (Å²) in [4.78, 5) is 15.9. The largest absolute Gasteiger partial charge is 0.370 e. The van der Waals surface area contributed by atoms with E-state index in [1.54, 1.807) is 12.1 Å². The second kappa shape index (κ2) is 11.4. The third-order valence-corrected chi connectivity index (χ3v) is 2.74. The van der Waals surface area contributed by atoms with Crippen LogP contribution in [0, 0.1) is 5.92 Å². The first-order valence-corrected chi connectivity index (χ1v) is 6.96. The van der Waals surface area contributed by atoms with Crippen molar-refractivity contribution in [2.24, 2.45) is 16.6 Å². The first kappa shape index (κ1) is 19.7. The molecule has 0 aliphatic carbocycles. The molecule has 1 aromatic carbocycles. The molecule has 1 aromatic rings. The minimum absolute atomic E-state index is 0. The number of guanidine groups is 1. The fraction of sp³-hybridized carbons (Fsp3) is 0.467. The normalized spacial score (nSPS) is 10.9. The molecule has 0 fully saturated rings. The highest BCUT2D eigenvalue weighted by atomic mass is 127. The molecule has 0 unspecified atom stereocenters. The Bertz CT molecular complexity index is 435. The average Bonchev–Trinajstić information content (AvgIpc) is 2.44. The van der Waals surface area contributed by atoms with Gasteiger partial charge in [0.2, 0.25) is 0 Å². The number of hydrogen-bond acceptors (Lipinski definition) is 2. The topological polar surface area (TPSA) is 79.5 Å². The molecule has 0 atom stereocenters. The van der Waals surface area contributed by atoms with E-state index in [9.17, 15) is 4.79 Å². The van der Waals surface area contributed by atoms with Gasteiger partial charge in [-0.1, -0.05) is 32.0 Å². The first-order chi connectivity index (χ1) is 9.59. The molecule has 1 rings (SSSR count). The lowest BCUT2D eigenvalue weighted by Gasteiger charge is -2.08. The van der Waals surface area contributed by atoms with Gasteiger partial charge in [0, 0.05) is 25.2 Å². The van der Waals surface area contributed by atoms with Gasteiger partial charge in [0.1, 0.15) is 0 Å². The van der Waals surface area contributed by atoms with Crippen LogP contribution in [0.5, 0.6) is 0 Å². The van der Waals surface area contributed by atoms with Gasteiger partial charge < -0.3 is 16.4 Å². The predicted molar refractivity (Wildman–Crippen MR) is 98.1 cm³/mol. The molecule has 0 aliphatic heterocycles. The number of nitrogens with zero attached hydrogens (tertiary/aromatic N) is 1. The number of benzene rings is 1. The molecule has 6 heteroatoms. The van der Waals surface area contributed by atoms with Crippen LogP contribution < -0.4 is 16.4 Å². The Morgan fingerprint density at radius 1 is 1.19 bits per heavy atom. The molecule has 0 heterocycles. The first-order valence-electron chi connectivity index (χ1n) is 6.96. The van der Waals surface area contributed by atoms with Crippen molar-refractivity contribution in [3.05, 3.63) is 35.9 Å². The maximum absolute atomic E-state index is 11.7. The molecule has 0 aromatic heterocycles. The van der Waals surface area contributed by atoms with E-state index >= 15 is 0 Å². The molecule has 0 bridgehead atoms. The van der Waals surface area contributed by atoms with Crippen molar-refractivity contribution in [1.82, 2.24) is 10.6 Å². The van der Waals surface area contributed by atoms with E-state index in [1.165, 1.54) is 0 Å². The SMILES string of the molecule is CC(C)CCN=C(N)NCCNC(=O)c1ccccc1.I. The summed E-state index contributed by atoms with van der Waals surface area (Å²) in [7, 11) is 0. The van der Waals surface area contributed by atoms with Gasteiger partial charge in [-0.25, -0.2) is 0 Å². The van der Waals surface area contributed by atoms with Crippen LogP contribution in [0.1, 0.15) is 30.6 Å². The van der Waals surface area contributed by atoms with Crippen molar-refractivity contribution in [1.29, 1.82) is 0 Å². The summed E-state index contributed by atoms with van der Waals surface area (Å²) >= 11 is 0. The number of carbonyl (C=O) groups excluding carboxylic acids is 1. The van der Waals surface area contributed by atoms with Gasteiger partial charge in [0.05, 0.1) is 0 Å². The van der Waals surface area contributed by atoms with Crippen LogP contribution in [0.4, 0.5) is 0 Å². The third kappa shape index (κ3) is 9.28. The van der Waals surface area contributed by atoms with Crippen molar-refractivity contribution in [2.75, 3.05) is 19.6 Å². The minimum atomic E-state index is -0.0808. The zero-order valence-electron chi connectivity index (χ0n) is 12.6. The molecule has 0 spiro atoms. The molecule has 0 saturated carbocycles. The smallest absolute Gasteiger partial charge is 0.251 e. The van der Waals surface area contributed by atoms with Crippen molar-refractivity contribution >= 4 is 35.8 Å². The number of nitrogens with one attached hydrogen (secondary N) is 2. The standard InChI is InChI=1S/C15H24N4O.HI/c1-12(2)8-9-18-15(16)19-11-10-17-14(20)13-6-4-3-5-7-13;/h3-7,12H,8-11H2,1-2H3,(H,17,20)(H3,16,18,19);1H. The van der Waals surface area contributed by atoms with Gasteiger partial charge >= 0.3 is 0 Å². The molecule has 21 heavy (non-hydrogen) atoms. The predicted octanol–water partition coefficient (Wildman–Crippen LogP) is 1.98. The van der Waals surface area contributed by atoms with Crippen LogP contribution in [0.15, 0.2) is 35.3 Å². The highest BCUT2D eigenvalue weighted by Crippen LogP contribution is 1.98. The van der Waals surface area contributed by atoms with E-state index in [4.69, 9.17) is 5.73 Å². The van der Waals surface area contributed by atoms with Gasteiger partial charge in [-0.15, -0.1) is 24.0 Å². The van der Waals surface area contributed by atoms with Crippen LogP contribution in [-0.4, -0.2) is 31.5 Å². The molecular weight excluding hydrogens is 379 g/mol. The zero-order chi connectivity index (χ0) is 14.8. The van der Waals surface area contributed by atoms with E-state index in [2.05, 4.69) is 29.5 Å². The Labute approximate surface area is 143 Å². The number of aliphatic imine (C=N–C) groups is 1. The lowest BCUT2D eigenvalue weighted by Crippen LogP contribution is -2.38. The van der Waals surface area contributed by atoms with Crippen LogP contribution in [0.2, 0.25) is 0 Å². The van der Waals surface area contributed by atoms with Crippen molar-refractivity contribution in [2.45, 2.75) is 20.3 Å². The number of halogens is 1. The number of carbonyl (C=O) groups is 1. The summed E-state index contributed by atoms with van der Waals surface area (Å²) < 4.78 is 0. The van der Waals surface area contributed by atoms with Crippen LogP contribution >= 0.6 is 24.0 Å². The summed E-state index contributed by atoms with van der Waals surface area (Å²) in [5.41, 5.74) is 6.37. The molecule has 4 N–H and O–H groups in total. The van der Waals surface area contributed by atoms with Gasteiger partial charge in [-0.2, -0.15) is 0 Å². The lowest BCUT2D eigenvalue weighted by molar-refractivity contribution is 0.0954. The van der Waals surface area contributed by atoms with Gasteiger partial charge in [0.25, 0.3) is 5.91 Å². The molecule has 5 nitrogen and oxygen atoms in total. The summed E-state index contributed by atoms with van der Waals surface area (Å²) in [5.74, 6) is 0.971. The third-order valence-electron chi connectivity index (χ3n) is 2.74. The maximum atomic E-state index is 11.7. The Hall–Kier alpha value is -1.31. The summed E-state index contributed by atoms with van der Waals surface area (Å²) in [6.45, 7) is 6.10. The van der Waals surface area contributed by atoms with Gasteiger partial charge in [-0.05, 0) is 24.5 Å². The molecule has 0 radical (unpaired) electrons. The Kier molecular flexibility index (Phi) is 10.7. The fourth-order valence-electron chi connectivity index (χ4n) is 1.56. The lowest BCUT2D eigenvalue weighted by atomic mass is 10.1. The highest BCUT2D eigenvalue weighted by molar-refractivity contribution is 14.0. The Morgan fingerprint density at radius 2 is 1.81 bits per heavy atom. The second-order valence-electron chi connectivity index (χ2n) is 5.00. The van der Waals surface area contributed by atoms with Crippen LogP contribution in [-0.2, 0) is 0 Å². The molecular formula is C15H25IN4O. The number of rotatable bonds is 7. The van der Waals surface area contributed by atoms with E-state index < -0.39 is 0 Å². The number of amides is 1. The molecule has 1 amide bonds. The summed E-state index contributed by atoms with van der Waals surface area (Å²) in [6, 6.07) is 9.13. The molecule has 118 valence electrons. The van der Waals surface area contributed by atoms with Crippen molar-refractivity contribution in [3.8, 4) is 0 Å².